The minimum absolute atomic E-state index is 0.119. The molecule has 238 valence electrons. The molecular weight excluding hydrogens is 576 g/mol. The van der Waals surface area contributed by atoms with E-state index < -0.39 is 24.2 Å². The number of aryl methyl sites for hydroxylation is 1. The van der Waals surface area contributed by atoms with Crippen LogP contribution in [0.3, 0.4) is 0 Å². The highest BCUT2D eigenvalue weighted by Gasteiger charge is 2.59. The lowest BCUT2D eigenvalue weighted by atomic mass is 9.73. The Bertz CT molecular complexity index is 1660. The van der Waals surface area contributed by atoms with Crippen molar-refractivity contribution in [1.82, 2.24) is 9.80 Å². The largest absolute Gasteiger partial charge is 0.496 e. The van der Waals surface area contributed by atoms with E-state index in [4.69, 9.17) is 28.4 Å². The Morgan fingerprint density at radius 3 is 2.02 bits per heavy atom. The third kappa shape index (κ3) is 4.53. The van der Waals surface area contributed by atoms with Gasteiger partial charge < -0.3 is 33.3 Å². The molecule has 4 atom stereocenters. The minimum atomic E-state index is -0.900. The van der Waals surface area contributed by atoms with Gasteiger partial charge in [0, 0.05) is 16.7 Å². The van der Waals surface area contributed by atoms with Gasteiger partial charge >= 0.3 is 0 Å². The monoisotopic (exact) mass is 616 g/mol. The summed E-state index contributed by atoms with van der Waals surface area (Å²) in [5.74, 6) is 2.01. The van der Waals surface area contributed by atoms with Gasteiger partial charge in [0.15, 0.2) is 28.8 Å². The van der Waals surface area contributed by atoms with Crippen LogP contribution >= 0.6 is 0 Å². The van der Waals surface area contributed by atoms with E-state index in [1.807, 2.05) is 62.2 Å². The van der Waals surface area contributed by atoms with Crippen LogP contribution in [0.4, 0.5) is 0 Å². The highest BCUT2D eigenvalue weighted by atomic mass is 16.5. The number of benzene rings is 3. The molecule has 3 aromatic carbocycles. The van der Waals surface area contributed by atoms with E-state index in [2.05, 4.69) is 0 Å². The summed E-state index contributed by atoms with van der Waals surface area (Å²) in [5.41, 5.74) is 5.24. The molecule has 10 heteroatoms. The number of amides is 1. The van der Waals surface area contributed by atoms with Crippen LogP contribution < -0.4 is 23.7 Å². The summed E-state index contributed by atoms with van der Waals surface area (Å²) in [7, 11) is 9.75. The minimum Gasteiger partial charge on any atom is -0.496 e. The highest BCUT2D eigenvalue weighted by Crippen LogP contribution is 2.56. The van der Waals surface area contributed by atoms with Crippen LogP contribution in [-0.2, 0) is 22.6 Å². The van der Waals surface area contributed by atoms with Gasteiger partial charge in [-0.2, -0.15) is 0 Å². The van der Waals surface area contributed by atoms with Gasteiger partial charge in [-0.3, -0.25) is 14.5 Å². The Hall–Kier alpha value is -4.28. The van der Waals surface area contributed by atoms with Crippen molar-refractivity contribution in [1.29, 1.82) is 0 Å². The lowest BCUT2D eigenvalue weighted by Gasteiger charge is -2.56. The van der Waals surface area contributed by atoms with Crippen molar-refractivity contribution in [3.05, 3.63) is 75.3 Å². The molecule has 3 aromatic rings. The molecule has 10 nitrogen and oxygen atoms in total. The Balaban J connectivity index is 1.60. The van der Waals surface area contributed by atoms with E-state index in [0.717, 1.165) is 22.3 Å². The van der Waals surface area contributed by atoms with Crippen LogP contribution in [-0.4, -0.2) is 82.8 Å². The van der Waals surface area contributed by atoms with Crippen LogP contribution in [0.15, 0.2) is 36.4 Å². The van der Waals surface area contributed by atoms with Gasteiger partial charge in [0.25, 0.3) is 0 Å². The number of likely N-dealkylation sites (N-methyl/N-ethyl adjacent to an activating group) is 1. The molecule has 0 radical (unpaired) electrons. The number of piperazine rings is 1. The maximum absolute atomic E-state index is 15.0. The zero-order valence-corrected chi connectivity index (χ0v) is 27.1. The Kier molecular flexibility index (Phi) is 8.13. The molecule has 0 aliphatic carbocycles. The predicted molar refractivity (Wildman–Crippen MR) is 167 cm³/mol. The molecule has 2 bridgehead atoms. The second-order valence-electron chi connectivity index (χ2n) is 11.7. The molecule has 3 aliphatic heterocycles. The first kappa shape index (κ1) is 30.7. The standard InChI is InChI=1S/C35H40N2O8/c1-18-14-21-15-22-35(39)37-23(17-45-16-20-12-10-9-11-13-20)25-26(31(41-5)19(2)32(42-6)34(25)44-8)29(38)28(37)27(36(22)3)24(21)33(43-7)30(18)40-4/h9-14,22-23,27-28H,15-17H2,1-8H3/t22?,23-,27?,28?/m0/s1. The third-order valence-electron chi connectivity index (χ3n) is 9.54. The fourth-order valence-corrected chi connectivity index (χ4v) is 7.67. The zero-order valence-electron chi connectivity index (χ0n) is 27.1. The summed E-state index contributed by atoms with van der Waals surface area (Å²) in [4.78, 5) is 33.4. The van der Waals surface area contributed by atoms with Gasteiger partial charge in [0.1, 0.15) is 11.8 Å². The van der Waals surface area contributed by atoms with Crippen molar-refractivity contribution in [2.75, 3.05) is 49.2 Å². The van der Waals surface area contributed by atoms with E-state index in [1.165, 1.54) is 7.11 Å². The van der Waals surface area contributed by atoms with E-state index >= 15 is 4.79 Å². The van der Waals surface area contributed by atoms with E-state index in [1.54, 1.807) is 33.3 Å². The van der Waals surface area contributed by atoms with E-state index in [0.29, 0.717) is 58.5 Å². The lowest BCUT2D eigenvalue weighted by Crippen LogP contribution is -2.68. The predicted octanol–water partition coefficient (Wildman–Crippen LogP) is 4.61. The molecule has 6 rings (SSSR count). The van der Waals surface area contributed by atoms with E-state index in [9.17, 15) is 4.79 Å². The molecular formula is C35H40N2O8. The second kappa shape index (κ2) is 11.9. The first-order valence-electron chi connectivity index (χ1n) is 15.0. The number of Topliss-reactive ketones (excluding diaryl/α,β-unsaturated/α-hetero) is 1. The summed E-state index contributed by atoms with van der Waals surface area (Å²) in [6.07, 6.45) is 0.460. The normalized spacial score (nSPS) is 21.9. The van der Waals surface area contributed by atoms with Crippen molar-refractivity contribution in [3.8, 4) is 28.7 Å². The molecule has 1 fully saturated rings. The highest BCUT2D eigenvalue weighted by molar-refractivity contribution is 6.10. The van der Waals surface area contributed by atoms with Gasteiger partial charge in [0.05, 0.1) is 72.5 Å². The Morgan fingerprint density at radius 1 is 0.778 bits per heavy atom. The van der Waals surface area contributed by atoms with Crippen molar-refractivity contribution in [2.24, 2.45) is 0 Å². The quantitative estimate of drug-likeness (QED) is 0.342. The number of nitrogens with zero attached hydrogens (tertiary/aromatic N) is 2. The second-order valence-corrected chi connectivity index (χ2v) is 11.7. The average Bonchev–Trinajstić information content (AvgIpc) is 3.04. The van der Waals surface area contributed by atoms with Crippen molar-refractivity contribution in [3.63, 3.8) is 0 Å². The van der Waals surface area contributed by atoms with Crippen LogP contribution in [0.2, 0.25) is 0 Å². The topological polar surface area (TPSA) is 96.0 Å². The third-order valence-corrected chi connectivity index (χ3v) is 9.54. The molecule has 0 saturated carbocycles. The van der Waals surface area contributed by atoms with Gasteiger partial charge in [-0.1, -0.05) is 36.4 Å². The van der Waals surface area contributed by atoms with Crippen molar-refractivity contribution in [2.45, 2.75) is 51.0 Å². The number of ether oxygens (including phenoxy) is 6. The molecule has 1 amide bonds. The van der Waals surface area contributed by atoms with Gasteiger partial charge in [-0.15, -0.1) is 0 Å². The summed E-state index contributed by atoms with van der Waals surface area (Å²) in [6.45, 7) is 4.24. The number of carbonyl (C=O) groups is 2. The Morgan fingerprint density at radius 2 is 1.40 bits per heavy atom. The summed E-state index contributed by atoms with van der Waals surface area (Å²) >= 11 is 0. The number of carbonyl (C=O) groups excluding carboxylic acids is 2. The van der Waals surface area contributed by atoms with Crippen molar-refractivity contribution >= 4 is 11.7 Å². The molecule has 3 aliphatic rings. The summed E-state index contributed by atoms with van der Waals surface area (Å²) in [5, 5.41) is 0. The van der Waals surface area contributed by atoms with Gasteiger partial charge in [-0.05, 0) is 44.0 Å². The van der Waals surface area contributed by atoms with E-state index in [-0.39, 0.29) is 18.3 Å². The molecule has 0 spiro atoms. The first-order chi connectivity index (χ1) is 21.7. The molecule has 3 heterocycles. The number of hydrogen-bond donors (Lipinski definition) is 0. The smallest absolute Gasteiger partial charge is 0.241 e. The van der Waals surface area contributed by atoms with Crippen LogP contribution in [0.5, 0.6) is 28.7 Å². The van der Waals surface area contributed by atoms with Crippen LogP contribution in [0.1, 0.15) is 55.8 Å². The van der Waals surface area contributed by atoms with Gasteiger partial charge in [0.2, 0.25) is 5.91 Å². The molecule has 1 saturated heterocycles. The number of fused-ring (bicyclic) bond motifs is 7. The zero-order chi connectivity index (χ0) is 32.2. The fourth-order valence-electron chi connectivity index (χ4n) is 7.67. The molecule has 0 N–H and O–H groups in total. The number of rotatable bonds is 9. The molecule has 0 aromatic heterocycles. The maximum atomic E-state index is 15.0. The molecule has 3 unspecified atom stereocenters. The number of methoxy groups -OCH3 is 5. The van der Waals surface area contributed by atoms with Crippen LogP contribution in [0.25, 0.3) is 0 Å². The van der Waals surface area contributed by atoms with Crippen molar-refractivity contribution < 1.29 is 38.0 Å². The molecule has 45 heavy (non-hydrogen) atoms. The van der Waals surface area contributed by atoms with Gasteiger partial charge in [-0.25, -0.2) is 0 Å². The van der Waals surface area contributed by atoms with Crippen LogP contribution in [0, 0.1) is 13.8 Å². The summed E-state index contributed by atoms with van der Waals surface area (Å²) < 4.78 is 35.8. The summed E-state index contributed by atoms with van der Waals surface area (Å²) in [6, 6.07) is 9.30. The fraction of sp³-hybridized carbons (Fsp3) is 0.429. The lowest BCUT2D eigenvalue weighted by molar-refractivity contribution is -0.156. The number of hydrogen-bond acceptors (Lipinski definition) is 9. The SMILES string of the molecule is COc1c(C)cc2c(c1OC)C1C3C(=O)c4c(OC)c(C)c(OC)c(OC)c4[C@H](COCc4ccccc4)N3C(=O)C(C2)N1C. The number of ketones is 1. The Labute approximate surface area is 263 Å². The maximum Gasteiger partial charge on any atom is 0.241 e. The average molecular weight is 617 g/mol. The first-order valence-corrected chi connectivity index (χ1v) is 15.0.